The van der Waals surface area contributed by atoms with Gasteiger partial charge in [-0.15, -0.1) is 0 Å². The van der Waals surface area contributed by atoms with Gasteiger partial charge in [-0.25, -0.2) is 0 Å². The van der Waals surface area contributed by atoms with Gasteiger partial charge in [0.05, 0.1) is 4.92 Å². The highest BCUT2D eigenvalue weighted by molar-refractivity contribution is 9.10. The van der Waals surface area contributed by atoms with Crippen molar-refractivity contribution in [2.75, 3.05) is 0 Å². The topological polar surface area (TPSA) is 101 Å². The second kappa shape index (κ2) is 7.42. The van der Waals surface area contributed by atoms with Crippen LogP contribution in [0.5, 0.6) is 0 Å². The number of hydrogen-bond donors (Lipinski definition) is 2. The van der Waals surface area contributed by atoms with E-state index < -0.39 is 32.6 Å². The lowest BCUT2D eigenvalue weighted by molar-refractivity contribution is -0.384. The first kappa shape index (κ1) is 20.3. The van der Waals surface area contributed by atoms with Gasteiger partial charge >= 0.3 is 21.5 Å². The van der Waals surface area contributed by atoms with Crippen molar-refractivity contribution in [3.05, 3.63) is 39.9 Å². The average molecular weight is 481 g/mol. The molecule has 0 saturated heterocycles. The Morgan fingerprint density at radius 1 is 1.00 bits per heavy atom. The van der Waals surface area contributed by atoms with Gasteiger partial charge in [-0.3, -0.25) is 19.7 Å². The minimum absolute atomic E-state index is 0.143. The molecule has 7 nitrogen and oxygen atoms in total. The second-order valence-electron chi connectivity index (χ2n) is 4.22. The summed E-state index contributed by atoms with van der Waals surface area (Å²) >= 11 is 3.55. The van der Waals surface area contributed by atoms with Gasteiger partial charge in [0, 0.05) is 44.0 Å². The summed E-state index contributed by atoms with van der Waals surface area (Å²) in [7, 11) is 0. The van der Waals surface area contributed by atoms with Gasteiger partial charge in [0.25, 0.3) is 5.69 Å². The number of nitro benzene ring substituents is 1. The Labute approximate surface area is 148 Å². The summed E-state index contributed by atoms with van der Waals surface area (Å²) in [6, 6.07) is 3.89. The average Bonchev–Trinajstić information content (AvgIpc) is 2.44. The molecule has 0 radical (unpaired) electrons. The summed E-state index contributed by atoms with van der Waals surface area (Å²) in [4.78, 5) is 24.3. The molecule has 0 bridgehead atoms. The maximum atomic E-state index is 12.9. The molecule has 1 aromatic carbocycles. The fourth-order valence-corrected chi connectivity index (χ4v) is 1.65. The van der Waals surface area contributed by atoms with Gasteiger partial charge in [-0.2, -0.15) is 17.6 Å². The van der Waals surface area contributed by atoms with Crippen molar-refractivity contribution in [3.8, 4) is 0 Å². The molecule has 0 aliphatic heterocycles. The van der Waals surface area contributed by atoms with Crippen molar-refractivity contribution in [2.45, 2.75) is 15.8 Å². The van der Waals surface area contributed by atoms with E-state index in [0.29, 0.717) is 0 Å². The van der Waals surface area contributed by atoms with Crippen LogP contribution < -0.4 is 10.6 Å². The van der Waals surface area contributed by atoms with Crippen LogP contribution in [0, 0.1) is 10.1 Å². The van der Waals surface area contributed by atoms with E-state index in [9.17, 15) is 37.3 Å². The Bertz CT molecular complexity index is 618. The van der Waals surface area contributed by atoms with Gasteiger partial charge in [0.2, 0.25) is 0 Å². The third-order valence-electron chi connectivity index (χ3n) is 2.50. The third-order valence-corrected chi connectivity index (χ3v) is 3.22. The molecule has 0 aromatic heterocycles. The number of alkyl halides is 6. The van der Waals surface area contributed by atoms with Crippen LogP contribution in [-0.2, 0) is 9.59 Å². The number of carbonyl (C=O) groups is 2. The maximum Gasteiger partial charge on any atom is 0.377 e. The van der Waals surface area contributed by atoms with Crippen LogP contribution in [0.1, 0.15) is 11.7 Å². The van der Waals surface area contributed by atoms with Gasteiger partial charge in [0.1, 0.15) is 6.17 Å². The van der Waals surface area contributed by atoms with Gasteiger partial charge < -0.3 is 10.6 Å². The first-order valence-electron chi connectivity index (χ1n) is 5.82. The van der Waals surface area contributed by atoms with E-state index in [4.69, 9.17) is 0 Å². The molecule has 0 aliphatic carbocycles. The van der Waals surface area contributed by atoms with Crippen molar-refractivity contribution in [1.29, 1.82) is 0 Å². The molecule has 2 amide bonds. The lowest BCUT2D eigenvalue weighted by Gasteiger charge is -2.23. The number of halogens is 6. The van der Waals surface area contributed by atoms with Crippen molar-refractivity contribution < 1.29 is 32.1 Å². The molecule has 0 fully saturated rings. The van der Waals surface area contributed by atoms with Crippen LogP contribution in [0.25, 0.3) is 0 Å². The van der Waals surface area contributed by atoms with E-state index in [2.05, 4.69) is 0 Å². The normalized spacial score (nSPS) is 12.0. The van der Waals surface area contributed by atoms with E-state index in [1.54, 1.807) is 42.5 Å². The SMILES string of the molecule is O=C(NC(NC(=O)C(F)(F)Br)c1ccc([N+](=O)[O-])cc1)C(F)(F)Br. The van der Waals surface area contributed by atoms with E-state index in [-0.39, 0.29) is 11.3 Å². The number of carbonyl (C=O) groups excluding carboxylic acids is 2. The standard InChI is InChI=1S/C11H7Br2F4N3O4/c12-10(14,15)8(21)18-7(19-9(22)11(13,16)17)5-1-3-6(4-2-5)20(23)24/h1-4,7H,(H,18,21)(H,19,22). The highest BCUT2D eigenvalue weighted by Gasteiger charge is 2.40. The van der Waals surface area contributed by atoms with Crippen LogP contribution in [-0.4, -0.2) is 26.4 Å². The Hall–Kier alpha value is -1.76. The minimum atomic E-state index is -4.02. The van der Waals surface area contributed by atoms with Crippen LogP contribution in [0.3, 0.4) is 0 Å². The number of hydrogen-bond acceptors (Lipinski definition) is 4. The smallest absolute Gasteiger partial charge is 0.326 e. The molecule has 132 valence electrons. The Kier molecular flexibility index (Phi) is 6.27. The van der Waals surface area contributed by atoms with Gasteiger partial charge in [-0.1, -0.05) is 0 Å². The summed E-state index contributed by atoms with van der Waals surface area (Å²) in [5.41, 5.74) is -0.511. The predicted octanol–water partition coefficient (Wildman–Crippen LogP) is 2.80. The number of nitrogens with one attached hydrogen (secondary N) is 2. The molecule has 24 heavy (non-hydrogen) atoms. The lowest BCUT2D eigenvalue weighted by Crippen LogP contribution is -2.48. The zero-order chi connectivity index (χ0) is 18.7. The number of rotatable bonds is 6. The first-order chi connectivity index (χ1) is 10.8. The molecular weight excluding hydrogens is 474 g/mol. The van der Waals surface area contributed by atoms with Crippen LogP contribution in [0.4, 0.5) is 23.2 Å². The van der Waals surface area contributed by atoms with E-state index in [1.807, 2.05) is 0 Å². The molecule has 0 aliphatic rings. The van der Waals surface area contributed by atoms with Crippen LogP contribution >= 0.6 is 31.9 Å². The predicted molar refractivity (Wildman–Crippen MR) is 79.9 cm³/mol. The highest BCUT2D eigenvalue weighted by Crippen LogP contribution is 2.26. The van der Waals surface area contributed by atoms with Gasteiger partial charge in [-0.05, 0) is 17.7 Å². The van der Waals surface area contributed by atoms with Crippen molar-refractivity contribution in [1.82, 2.24) is 10.6 Å². The highest BCUT2D eigenvalue weighted by atomic mass is 79.9. The van der Waals surface area contributed by atoms with Crippen molar-refractivity contribution in [3.63, 3.8) is 0 Å². The molecule has 1 aromatic rings. The number of benzene rings is 1. The number of amides is 2. The monoisotopic (exact) mass is 479 g/mol. The molecule has 0 heterocycles. The molecule has 0 spiro atoms. The third kappa shape index (κ3) is 5.70. The van der Waals surface area contributed by atoms with E-state index in [1.165, 1.54) is 0 Å². The van der Waals surface area contributed by atoms with E-state index in [0.717, 1.165) is 24.3 Å². The molecule has 1 rings (SSSR count). The Morgan fingerprint density at radius 3 is 1.67 bits per heavy atom. The summed E-state index contributed by atoms with van der Waals surface area (Å²) in [6.07, 6.45) is -1.78. The van der Waals surface area contributed by atoms with Crippen LogP contribution in [0.2, 0.25) is 0 Å². The quantitative estimate of drug-likeness (QED) is 0.215. The molecule has 0 saturated carbocycles. The molecular formula is C11H7Br2F4N3O4. The zero-order valence-corrected chi connectivity index (χ0v) is 14.4. The molecule has 0 atom stereocenters. The zero-order valence-electron chi connectivity index (χ0n) is 11.2. The second-order valence-corrected chi connectivity index (χ2v) is 6.22. The summed E-state index contributed by atoms with van der Waals surface area (Å²) < 4.78 is 51.5. The number of nitrogens with zero attached hydrogens (tertiary/aromatic N) is 1. The van der Waals surface area contributed by atoms with Crippen LogP contribution in [0.15, 0.2) is 24.3 Å². The summed E-state index contributed by atoms with van der Waals surface area (Å²) in [5.74, 6) is -3.83. The number of non-ortho nitro benzene ring substituents is 1. The molecule has 2 N–H and O–H groups in total. The minimum Gasteiger partial charge on any atom is -0.326 e. The van der Waals surface area contributed by atoms with Crippen molar-refractivity contribution in [2.24, 2.45) is 0 Å². The molecule has 0 unspecified atom stereocenters. The number of nitro groups is 1. The Balaban J connectivity index is 3.10. The van der Waals surface area contributed by atoms with E-state index >= 15 is 0 Å². The molecule has 13 heteroatoms. The largest absolute Gasteiger partial charge is 0.377 e. The summed E-state index contributed by atoms with van der Waals surface area (Å²) in [6.45, 7) is 0. The van der Waals surface area contributed by atoms with Crippen molar-refractivity contribution >= 4 is 49.4 Å². The Morgan fingerprint density at radius 2 is 1.38 bits per heavy atom. The fraction of sp³-hybridized carbons (Fsp3) is 0.273. The lowest BCUT2D eigenvalue weighted by atomic mass is 10.1. The fourth-order valence-electron chi connectivity index (χ4n) is 1.42. The van der Waals surface area contributed by atoms with Gasteiger partial charge in [0.15, 0.2) is 0 Å². The summed E-state index contributed by atoms with van der Waals surface area (Å²) in [5, 5.41) is 13.8. The first-order valence-corrected chi connectivity index (χ1v) is 7.40. The maximum absolute atomic E-state index is 12.9.